The Labute approximate surface area is 89.7 Å². The van der Waals surface area contributed by atoms with Gasteiger partial charge in [-0.15, -0.1) is 0 Å². The zero-order chi connectivity index (χ0) is 8.24. The summed E-state index contributed by atoms with van der Waals surface area (Å²) >= 11 is 0.290. The van der Waals surface area contributed by atoms with Gasteiger partial charge in [-0.3, -0.25) is 0 Å². The average Bonchev–Trinajstić information content (AvgIpc) is 1.93. The van der Waals surface area contributed by atoms with Crippen molar-refractivity contribution >= 4 is 46.5 Å². The molecule has 0 aliphatic carbocycles. The van der Waals surface area contributed by atoms with E-state index < -0.39 is 0 Å². The molecule has 0 bridgehead atoms. The third-order valence-corrected chi connectivity index (χ3v) is 7.85. The summed E-state index contributed by atoms with van der Waals surface area (Å²) in [6.45, 7) is 9.17. The van der Waals surface area contributed by atoms with Gasteiger partial charge < -0.3 is 0 Å². The molecule has 0 atom stereocenters. The molecule has 2 radical (unpaired) electrons. The van der Waals surface area contributed by atoms with Crippen molar-refractivity contribution in [3.63, 3.8) is 0 Å². The van der Waals surface area contributed by atoms with Crippen LogP contribution < -0.4 is 0 Å². The first-order valence-corrected chi connectivity index (χ1v) is 13.9. The Kier molecular flexibility index (Phi) is 24.3. The van der Waals surface area contributed by atoms with Crippen molar-refractivity contribution in [2.45, 2.75) is 44.2 Å². The van der Waals surface area contributed by atoms with E-state index in [0.29, 0.717) is 0 Å². The molecule has 0 aromatic heterocycles. The quantitative estimate of drug-likeness (QED) is 0.487. The molecule has 0 aromatic carbocycles. The predicted molar refractivity (Wildman–Crippen MR) is 53.4 cm³/mol. The van der Waals surface area contributed by atoms with Crippen LogP contribution in [0.4, 0.5) is 0 Å². The minimum absolute atomic E-state index is 0.145. The van der Waals surface area contributed by atoms with Crippen LogP contribution in [0.1, 0.15) is 27.7 Å². The summed E-state index contributed by atoms with van der Waals surface area (Å²) < 4.78 is 6.10. The van der Waals surface area contributed by atoms with Crippen molar-refractivity contribution in [2.75, 3.05) is 0 Å². The van der Waals surface area contributed by atoms with Crippen molar-refractivity contribution in [1.82, 2.24) is 0 Å². The maximum absolute atomic E-state index is 2.29. The molecule has 0 amide bonds. The van der Waals surface area contributed by atoms with Crippen LogP contribution in [0.5, 0.6) is 0 Å². The molecule has 2 heteroatoms. The Balaban J connectivity index is 0. The topological polar surface area (TPSA) is 0 Å². The second-order valence-corrected chi connectivity index (χ2v) is 15.0. The molecule has 0 aliphatic heterocycles. The van der Waals surface area contributed by atoms with E-state index in [1.807, 2.05) is 0 Å². The molecule has 0 fully saturated rings. The summed E-state index contributed by atoms with van der Waals surface area (Å²) in [7, 11) is 0. The Morgan fingerprint density at radius 1 is 0.600 bits per heavy atom. The van der Waals surface area contributed by atoms with Crippen molar-refractivity contribution in [2.24, 2.45) is 0 Å². The first kappa shape index (κ1) is 14.3. The standard InChI is InChI=1S/4C2H5.2Bi/c4*1-2;;/h4*1H2,2H3;;. The predicted octanol–water partition coefficient (Wildman–Crippen LogP) is 3.13. The molecule has 0 unspecified atom stereocenters. The molecule has 0 rings (SSSR count). The Morgan fingerprint density at radius 3 is 0.800 bits per heavy atom. The number of hydrogen-bond donors (Lipinski definition) is 0. The van der Waals surface area contributed by atoms with E-state index in [1.54, 1.807) is 0 Å². The van der Waals surface area contributed by atoms with Gasteiger partial charge in [-0.25, -0.2) is 0 Å². The van der Waals surface area contributed by atoms with Gasteiger partial charge in [-0.05, 0) is 0 Å². The molecule has 0 heterocycles. The number of rotatable bonds is 4. The van der Waals surface area contributed by atoms with Crippen molar-refractivity contribution in [3.8, 4) is 0 Å². The van der Waals surface area contributed by atoms with E-state index in [4.69, 9.17) is 0 Å². The summed E-state index contributed by atoms with van der Waals surface area (Å²) in [5.41, 5.74) is 0. The van der Waals surface area contributed by atoms with Gasteiger partial charge in [0.05, 0.1) is 0 Å². The van der Waals surface area contributed by atoms with Gasteiger partial charge in [-0.1, -0.05) is 0 Å². The van der Waals surface area contributed by atoms with E-state index in [1.165, 1.54) is 16.5 Å². The van der Waals surface area contributed by atoms with E-state index in [0.717, 1.165) is 0 Å². The normalized spacial score (nSPS) is 8.40. The monoisotopic (exact) mass is 534 g/mol. The summed E-state index contributed by atoms with van der Waals surface area (Å²) in [5.74, 6) is 0. The van der Waals surface area contributed by atoms with Crippen LogP contribution >= 0.6 is 0 Å². The fourth-order valence-electron chi connectivity index (χ4n) is 0.447. The number of hydrogen-bond acceptors (Lipinski definition) is 0. The molecule has 0 nitrogen and oxygen atoms in total. The second kappa shape index (κ2) is 17.0. The van der Waals surface area contributed by atoms with Gasteiger partial charge in [0.2, 0.25) is 0 Å². The molecular weight excluding hydrogens is 514 g/mol. The minimum atomic E-state index is 0.145. The van der Waals surface area contributed by atoms with Crippen molar-refractivity contribution in [3.05, 3.63) is 0 Å². The molecule has 62 valence electrons. The van der Waals surface area contributed by atoms with Crippen LogP contribution in [0.15, 0.2) is 0 Å². The van der Waals surface area contributed by atoms with Crippen LogP contribution in [0.25, 0.3) is 0 Å². The summed E-state index contributed by atoms with van der Waals surface area (Å²) in [6.07, 6.45) is 0. The Morgan fingerprint density at radius 2 is 0.800 bits per heavy atom. The van der Waals surface area contributed by atoms with Crippen LogP contribution in [-0.2, 0) is 0 Å². The molecule has 0 saturated carbocycles. The third-order valence-electron chi connectivity index (χ3n) is 0.894. The molecule has 0 aromatic rings. The molecule has 10 heavy (non-hydrogen) atoms. The van der Waals surface area contributed by atoms with Gasteiger partial charge >= 0.3 is 90.7 Å². The van der Waals surface area contributed by atoms with Crippen LogP contribution in [-0.4, -0.2) is 46.5 Å². The first-order chi connectivity index (χ1) is 4.83. The summed E-state index contributed by atoms with van der Waals surface area (Å²) in [6, 6.07) is 0. The van der Waals surface area contributed by atoms with Gasteiger partial charge in [0, 0.05) is 0 Å². The molecule has 0 aliphatic rings. The maximum atomic E-state index is 2.29. The molecular formula is C8H20Bi2. The molecule has 0 N–H and O–H groups in total. The van der Waals surface area contributed by atoms with Crippen molar-refractivity contribution < 1.29 is 0 Å². The summed E-state index contributed by atoms with van der Waals surface area (Å²) in [4.78, 5) is 0. The zero-order valence-corrected chi connectivity index (χ0v) is 14.7. The van der Waals surface area contributed by atoms with Crippen molar-refractivity contribution in [1.29, 1.82) is 0 Å². The second-order valence-electron chi connectivity index (χ2n) is 1.71. The van der Waals surface area contributed by atoms with Gasteiger partial charge in [0.1, 0.15) is 0 Å². The third kappa shape index (κ3) is 22.6. The van der Waals surface area contributed by atoms with E-state index >= 15 is 0 Å². The summed E-state index contributed by atoms with van der Waals surface area (Å²) in [5, 5.41) is 0. The Bertz CT molecular complexity index is 28.2. The Hall–Kier alpha value is 1.77. The van der Waals surface area contributed by atoms with E-state index in [9.17, 15) is 0 Å². The SMILES string of the molecule is C[CH2][Bi][CH2]C.C[CH2][Bi][CH2]C. The van der Waals surface area contributed by atoms with Gasteiger partial charge in [0.15, 0.2) is 0 Å². The van der Waals surface area contributed by atoms with Crippen LogP contribution in [0, 0.1) is 0 Å². The van der Waals surface area contributed by atoms with Gasteiger partial charge in [0.25, 0.3) is 0 Å². The first-order valence-electron chi connectivity index (χ1n) is 4.09. The zero-order valence-electron chi connectivity index (χ0n) is 7.72. The average molecular weight is 534 g/mol. The van der Waals surface area contributed by atoms with Crippen LogP contribution in [0.2, 0.25) is 16.5 Å². The van der Waals surface area contributed by atoms with Gasteiger partial charge in [-0.2, -0.15) is 0 Å². The molecule has 0 spiro atoms. The van der Waals surface area contributed by atoms with E-state index in [-0.39, 0.29) is 46.5 Å². The van der Waals surface area contributed by atoms with E-state index in [2.05, 4.69) is 27.7 Å². The fraction of sp³-hybridized carbons (Fsp3) is 1.00. The molecule has 0 saturated heterocycles. The van der Waals surface area contributed by atoms with Crippen LogP contribution in [0.3, 0.4) is 0 Å². The fourth-order valence-corrected chi connectivity index (χ4v) is 3.92.